The quantitative estimate of drug-likeness (QED) is 0.517. The van der Waals surface area contributed by atoms with Crippen molar-refractivity contribution >= 4 is 11.9 Å². The Labute approximate surface area is 182 Å². The number of aliphatic imine (C=N–C) groups is 1. The molecular formula is C24H28N4O3. The van der Waals surface area contributed by atoms with Crippen molar-refractivity contribution in [2.45, 2.75) is 26.8 Å². The Morgan fingerprint density at radius 2 is 2.03 bits per heavy atom. The van der Waals surface area contributed by atoms with Gasteiger partial charge in [0.2, 0.25) is 5.88 Å². The molecule has 0 N–H and O–H groups in total. The number of anilines is 1. The van der Waals surface area contributed by atoms with Crippen LogP contribution in [0, 0.1) is 13.8 Å². The minimum Gasteiger partial charge on any atom is -0.477 e. The zero-order valence-corrected chi connectivity index (χ0v) is 18.1. The Hall–Kier alpha value is -3.19. The first-order valence-electron chi connectivity index (χ1n) is 10.6. The van der Waals surface area contributed by atoms with Gasteiger partial charge in [0.25, 0.3) is 0 Å². The second-order valence-corrected chi connectivity index (χ2v) is 7.58. The van der Waals surface area contributed by atoms with E-state index in [1.54, 1.807) is 6.20 Å². The van der Waals surface area contributed by atoms with Gasteiger partial charge in [-0.2, -0.15) is 0 Å². The SMILES string of the molecule is Cc1cccc(C=NCc2cc(N3CCOCC3)cc(OCCc3cnc(C)o3)n2)c1. The first kappa shape index (κ1) is 21.1. The van der Waals surface area contributed by atoms with Gasteiger partial charge in [-0.3, -0.25) is 4.99 Å². The molecular weight excluding hydrogens is 392 g/mol. The molecule has 3 aromatic rings. The highest BCUT2D eigenvalue weighted by Crippen LogP contribution is 2.23. The first-order chi connectivity index (χ1) is 15.2. The number of hydrogen-bond donors (Lipinski definition) is 0. The number of aromatic nitrogens is 2. The number of benzene rings is 1. The van der Waals surface area contributed by atoms with Crippen LogP contribution in [-0.4, -0.2) is 49.1 Å². The zero-order chi connectivity index (χ0) is 21.5. The molecule has 4 rings (SSSR count). The van der Waals surface area contributed by atoms with Crippen molar-refractivity contribution in [1.29, 1.82) is 0 Å². The van der Waals surface area contributed by atoms with Gasteiger partial charge in [0.15, 0.2) is 5.89 Å². The Morgan fingerprint density at radius 1 is 1.16 bits per heavy atom. The molecule has 1 aliphatic rings. The van der Waals surface area contributed by atoms with Gasteiger partial charge in [-0.15, -0.1) is 0 Å². The van der Waals surface area contributed by atoms with Crippen LogP contribution in [0.5, 0.6) is 5.88 Å². The van der Waals surface area contributed by atoms with E-state index in [2.05, 4.69) is 45.0 Å². The minimum absolute atomic E-state index is 0.472. The fourth-order valence-corrected chi connectivity index (χ4v) is 3.48. The highest BCUT2D eigenvalue weighted by atomic mass is 16.5. The van der Waals surface area contributed by atoms with E-state index in [9.17, 15) is 0 Å². The lowest BCUT2D eigenvalue weighted by Gasteiger charge is -2.29. The smallest absolute Gasteiger partial charge is 0.215 e. The fraction of sp³-hybridized carbons (Fsp3) is 0.375. The Bertz CT molecular complexity index is 1030. The van der Waals surface area contributed by atoms with Crippen molar-refractivity contribution in [2.75, 3.05) is 37.8 Å². The summed E-state index contributed by atoms with van der Waals surface area (Å²) >= 11 is 0. The molecule has 0 amide bonds. The fourth-order valence-electron chi connectivity index (χ4n) is 3.48. The van der Waals surface area contributed by atoms with Crippen LogP contribution in [0.2, 0.25) is 0 Å². The maximum atomic E-state index is 5.96. The van der Waals surface area contributed by atoms with Crippen molar-refractivity contribution in [2.24, 2.45) is 4.99 Å². The van der Waals surface area contributed by atoms with Gasteiger partial charge in [0, 0.05) is 44.4 Å². The molecule has 2 aromatic heterocycles. The molecule has 7 nitrogen and oxygen atoms in total. The molecule has 0 radical (unpaired) electrons. The number of morpholine rings is 1. The molecule has 0 spiro atoms. The average molecular weight is 421 g/mol. The maximum Gasteiger partial charge on any atom is 0.215 e. The monoisotopic (exact) mass is 420 g/mol. The molecule has 0 saturated carbocycles. The summed E-state index contributed by atoms with van der Waals surface area (Å²) in [6.07, 6.45) is 4.27. The summed E-state index contributed by atoms with van der Waals surface area (Å²) in [7, 11) is 0. The largest absolute Gasteiger partial charge is 0.477 e. The van der Waals surface area contributed by atoms with Crippen LogP contribution >= 0.6 is 0 Å². The Balaban J connectivity index is 1.46. The molecule has 162 valence electrons. The minimum atomic E-state index is 0.472. The van der Waals surface area contributed by atoms with E-state index in [1.165, 1.54) is 5.56 Å². The average Bonchev–Trinajstić information content (AvgIpc) is 3.19. The highest BCUT2D eigenvalue weighted by molar-refractivity contribution is 5.79. The summed E-state index contributed by atoms with van der Waals surface area (Å²) in [6.45, 7) is 8.04. The maximum absolute atomic E-state index is 5.96. The molecule has 0 atom stereocenters. The van der Waals surface area contributed by atoms with Gasteiger partial charge in [0.05, 0.1) is 38.3 Å². The third-order valence-corrected chi connectivity index (χ3v) is 5.02. The standard InChI is InChI=1S/C24H28N4O3/c1-18-4-3-5-20(12-18)15-25-16-21-13-22(28-7-10-29-11-8-28)14-24(27-21)30-9-6-23-17-26-19(2)31-23/h3-5,12-15,17H,6-11,16H2,1-2H3. The number of nitrogens with zero attached hydrogens (tertiary/aromatic N) is 4. The van der Waals surface area contributed by atoms with Crippen molar-refractivity contribution in [3.05, 3.63) is 71.1 Å². The number of aryl methyl sites for hydroxylation is 2. The molecule has 0 bridgehead atoms. The molecule has 1 aliphatic heterocycles. The van der Waals surface area contributed by atoms with Gasteiger partial charge < -0.3 is 18.8 Å². The van der Waals surface area contributed by atoms with E-state index in [0.717, 1.165) is 49.0 Å². The van der Waals surface area contributed by atoms with Gasteiger partial charge in [0.1, 0.15) is 5.76 Å². The van der Waals surface area contributed by atoms with Crippen LogP contribution < -0.4 is 9.64 Å². The molecule has 31 heavy (non-hydrogen) atoms. The lowest BCUT2D eigenvalue weighted by molar-refractivity contribution is 0.122. The predicted octanol–water partition coefficient (Wildman–Crippen LogP) is 3.76. The van der Waals surface area contributed by atoms with Crippen molar-refractivity contribution in [3.63, 3.8) is 0 Å². The molecule has 1 fully saturated rings. The second-order valence-electron chi connectivity index (χ2n) is 7.58. The van der Waals surface area contributed by atoms with E-state index < -0.39 is 0 Å². The van der Waals surface area contributed by atoms with Crippen LogP contribution in [0.15, 0.2) is 52.0 Å². The van der Waals surface area contributed by atoms with E-state index in [0.29, 0.717) is 31.3 Å². The summed E-state index contributed by atoms with van der Waals surface area (Å²) < 4.78 is 17.0. The van der Waals surface area contributed by atoms with Crippen LogP contribution in [0.3, 0.4) is 0 Å². The molecule has 0 unspecified atom stereocenters. The lowest BCUT2D eigenvalue weighted by Crippen LogP contribution is -2.36. The summed E-state index contributed by atoms with van der Waals surface area (Å²) in [5.74, 6) is 2.07. The molecule has 7 heteroatoms. The molecule has 0 aliphatic carbocycles. The molecule has 1 aromatic carbocycles. The highest BCUT2D eigenvalue weighted by Gasteiger charge is 2.14. The predicted molar refractivity (Wildman–Crippen MR) is 120 cm³/mol. The normalized spacial score (nSPS) is 14.3. The van der Waals surface area contributed by atoms with E-state index in [4.69, 9.17) is 13.9 Å². The topological polar surface area (TPSA) is 73.0 Å². The van der Waals surface area contributed by atoms with Crippen LogP contribution in [-0.2, 0) is 17.7 Å². The van der Waals surface area contributed by atoms with Crippen molar-refractivity contribution < 1.29 is 13.9 Å². The number of ether oxygens (including phenoxy) is 2. The lowest BCUT2D eigenvalue weighted by atomic mass is 10.1. The van der Waals surface area contributed by atoms with E-state index >= 15 is 0 Å². The number of pyridine rings is 1. The van der Waals surface area contributed by atoms with Gasteiger partial charge >= 0.3 is 0 Å². The van der Waals surface area contributed by atoms with Gasteiger partial charge in [-0.05, 0) is 18.6 Å². The third-order valence-electron chi connectivity index (χ3n) is 5.02. The summed E-state index contributed by atoms with van der Waals surface area (Å²) in [6, 6.07) is 12.4. The zero-order valence-electron chi connectivity index (χ0n) is 18.1. The summed E-state index contributed by atoms with van der Waals surface area (Å²) in [5, 5.41) is 0. The van der Waals surface area contributed by atoms with Crippen molar-refractivity contribution in [1.82, 2.24) is 9.97 Å². The molecule has 1 saturated heterocycles. The third kappa shape index (κ3) is 6.15. The number of oxazole rings is 1. The van der Waals surface area contributed by atoms with E-state index in [1.807, 2.05) is 31.3 Å². The number of hydrogen-bond acceptors (Lipinski definition) is 7. The van der Waals surface area contributed by atoms with Crippen molar-refractivity contribution in [3.8, 4) is 5.88 Å². The number of rotatable bonds is 8. The summed E-state index contributed by atoms with van der Waals surface area (Å²) in [4.78, 5) is 15.7. The van der Waals surface area contributed by atoms with Gasteiger partial charge in [-0.25, -0.2) is 9.97 Å². The summed E-state index contributed by atoms with van der Waals surface area (Å²) in [5.41, 5.74) is 4.26. The van der Waals surface area contributed by atoms with Crippen LogP contribution in [0.4, 0.5) is 5.69 Å². The Morgan fingerprint density at radius 3 is 2.81 bits per heavy atom. The van der Waals surface area contributed by atoms with E-state index in [-0.39, 0.29) is 0 Å². The van der Waals surface area contributed by atoms with Gasteiger partial charge in [-0.1, -0.05) is 29.8 Å². The first-order valence-corrected chi connectivity index (χ1v) is 10.6. The Kier molecular flexibility index (Phi) is 6.94. The second kappa shape index (κ2) is 10.2. The van der Waals surface area contributed by atoms with Crippen LogP contribution in [0.1, 0.15) is 28.5 Å². The van der Waals surface area contributed by atoms with Crippen LogP contribution in [0.25, 0.3) is 0 Å². The molecule has 3 heterocycles.